The molecule has 0 unspecified atom stereocenters. The molecule has 0 saturated carbocycles. The van der Waals surface area contributed by atoms with Gasteiger partial charge in [-0.3, -0.25) is 19.8 Å². The summed E-state index contributed by atoms with van der Waals surface area (Å²) in [5.74, 6) is -0.470. The van der Waals surface area contributed by atoms with Crippen molar-refractivity contribution in [1.82, 2.24) is 5.32 Å². The maximum Gasteiger partial charge on any atom is 0.270 e. The van der Waals surface area contributed by atoms with E-state index in [0.717, 1.165) is 37.9 Å². The molecular weight excluding hydrogens is 418 g/mol. The molecule has 4 rings (SSSR count). The van der Waals surface area contributed by atoms with Crippen LogP contribution in [0.4, 0.5) is 11.4 Å². The molecule has 2 amide bonds. The molecule has 2 heterocycles. The zero-order valence-corrected chi connectivity index (χ0v) is 19.7. The van der Waals surface area contributed by atoms with Crippen LogP contribution in [0.2, 0.25) is 0 Å². The second-order valence-electron chi connectivity index (χ2n) is 8.68. The second-order valence-corrected chi connectivity index (χ2v) is 9.07. The molecule has 2 aromatic rings. The van der Waals surface area contributed by atoms with Gasteiger partial charge in [0.25, 0.3) is 11.8 Å². The second kappa shape index (κ2) is 9.25. The summed E-state index contributed by atoms with van der Waals surface area (Å²) in [6.45, 7) is 8.53. The third-order valence-electron chi connectivity index (χ3n) is 6.04. The molecule has 0 bridgehead atoms. The van der Waals surface area contributed by atoms with Gasteiger partial charge in [0.15, 0.2) is 5.11 Å². The number of fused-ring (bicyclic) bond motifs is 1. The Balaban J connectivity index is 1.65. The Kier molecular flexibility index (Phi) is 6.42. The Bertz CT molecular complexity index is 1090. The van der Waals surface area contributed by atoms with Gasteiger partial charge >= 0.3 is 0 Å². The highest BCUT2D eigenvalue weighted by atomic mass is 32.1. The first-order valence-electron chi connectivity index (χ1n) is 11.3. The average molecular weight is 448 g/mol. The Morgan fingerprint density at radius 3 is 2.56 bits per heavy atom. The van der Waals surface area contributed by atoms with Crippen LogP contribution in [0.15, 0.2) is 48.0 Å². The van der Waals surface area contributed by atoms with Crippen molar-refractivity contribution in [2.75, 3.05) is 22.9 Å². The molecule has 2 aliphatic rings. The number of anilines is 2. The Morgan fingerprint density at radius 2 is 1.88 bits per heavy atom. The van der Waals surface area contributed by atoms with E-state index in [2.05, 4.69) is 43.1 Å². The first-order valence-corrected chi connectivity index (χ1v) is 11.7. The standard InChI is InChI=1S/C26H29N3O2S/c1-4-13-28-14-5-6-20-15-18(7-12-23(20)28)16-22-24(30)27-26(32)29(25(22)31)21-10-8-19(9-11-21)17(2)3/h7-12,15-17H,4-6,13-14H2,1-3H3,(H,27,30,32). The SMILES string of the molecule is CCCN1CCCc2cc(C=C3C(=O)NC(=S)N(c4ccc(C(C)C)cc4)C3=O)ccc21. The molecule has 1 fully saturated rings. The van der Waals surface area contributed by atoms with Gasteiger partial charge in [-0.05, 0) is 84.4 Å². The monoisotopic (exact) mass is 447 g/mol. The lowest BCUT2D eigenvalue weighted by Crippen LogP contribution is -2.54. The number of hydrogen-bond donors (Lipinski definition) is 1. The van der Waals surface area contributed by atoms with Gasteiger partial charge in [0, 0.05) is 18.8 Å². The van der Waals surface area contributed by atoms with Crippen molar-refractivity contribution < 1.29 is 9.59 Å². The van der Waals surface area contributed by atoms with Crippen LogP contribution < -0.4 is 15.1 Å². The predicted molar refractivity (Wildman–Crippen MR) is 134 cm³/mol. The number of carbonyl (C=O) groups is 2. The van der Waals surface area contributed by atoms with Gasteiger partial charge in [-0.1, -0.05) is 39.0 Å². The summed E-state index contributed by atoms with van der Waals surface area (Å²) < 4.78 is 0. The van der Waals surface area contributed by atoms with Crippen LogP contribution in [0.25, 0.3) is 6.08 Å². The van der Waals surface area contributed by atoms with Gasteiger partial charge in [-0.15, -0.1) is 0 Å². The van der Waals surface area contributed by atoms with Crippen molar-refractivity contribution in [3.63, 3.8) is 0 Å². The van der Waals surface area contributed by atoms with Gasteiger partial charge in [-0.2, -0.15) is 0 Å². The summed E-state index contributed by atoms with van der Waals surface area (Å²) in [5.41, 5.74) is 5.29. The van der Waals surface area contributed by atoms with Crippen molar-refractivity contribution >= 4 is 46.6 Å². The van der Waals surface area contributed by atoms with Crippen molar-refractivity contribution in [2.45, 2.75) is 46.0 Å². The van der Waals surface area contributed by atoms with Crippen LogP contribution in [0.3, 0.4) is 0 Å². The zero-order chi connectivity index (χ0) is 22.8. The molecule has 0 radical (unpaired) electrons. The number of benzene rings is 2. The normalized spacial score (nSPS) is 17.8. The molecule has 0 aliphatic carbocycles. The van der Waals surface area contributed by atoms with Crippen LogP contribution in [0.1, 0.15) is 56.2 Å². The fourth-order valence-electron chi connectivity index (χ4n) is 4.35. The number of amides is 2. The van der Waals surface area contributed by atoms with Crippen molar-refractivity contribution in [2.24, 2.45) is 0 Å². The average Bonchev–Trinajstić information content (AvgIpc) is 2.77. The van der Waals surface area contributed by atoms with Crippen LogP contribution in [0.5, 0.6) is 0 Å². The van der Waals surface area contributed by atoms with E-state index in [-0.39, 0.29) is 10.7 Å². The van der Waals surface area contributed by atoms with Gasteiger partial charge in [0.1, 0.15) is 5.57 Å². The molecule has 6 heteroatoms. The van der Waals surface area contributed by atoms with Crippen molar-refractivity contribution in [1.29, 1.82) is 0 Å². The molecule has 1 saturated heterocycles. The summed E-state index contributed by atoms with van der Waals surface area (Å²) in [6, 6.07) is 13.9. The summed E-state index contributed by atoms with van der Waals surface area (Å²) in [5, 5.41) is 2.78. The van der Waals surface area contributed by atoms with E-state index >= 15 is 0 Å². The Morgan fingerprint density at radius 1 is 1.12 bits per heavy atom. The van der Waals surface area contributed by atoms with E-state index in [1.165, 1.54) is 21.7 Å². The van der Waals surface area contributed by atoms with Crippen molar-refractivity contribution in [3.05, 3.63) is 64.7 Å². The number of carbonyl (C=O) groups excluding carboxylic acids is 2. The predicted octanol–water partition coefficient (Wildman–Crippen LogP) is 4.80. The fraction of sp³-hybridized carbons (Fsp3) is 0.346. The molecule has 0 aromatic heterocycles. The largest absolute Gasteiger partial charge is 0.371 e. The Labute approximate surface area is 195 Å². The van der Waals surface area contributed by atoms with E-state index in [4.69, 9.17) is 12.2 Å². The number of hydrogen-bond acceptors (Lipinski definition) is 4. The number of aryl methyl sites for hydroxylation is 1. The van der Waals surface area contributed by atoms with Gasteiger partial charge < -0.3 is 4.90 Å². The van der Waals surface area contributed by atoms with Gasteiger partial charge in [0.2, 0.25) is 0 Å². The minimum absolute atomic E-state index is 0.0905. The van der Waals surface area contributed by atoms with E-state index in [1.807, 2.05) is 30.3 Å². The maximum atomic E-state index is 13.3. The lowest BCUT2D eigenvalue weighted by molar-refractivity contribution is -0.122. The Hall–Kier alpha value is -2.99. The third kappa shape index (κ3) is 4.32. The van der Waals surface area contributed by atoms with E-state index in [1.54, 1.807) is 6.08 Å². The number of rotatable bonds is 5. The molecule has 32 heavy (non-hydrogen) atoms. The molecule has 166 valence electrons. The van der Waals surface area contributed by atoms with E-state index in [9.17, 15) is 9.59 Å². The van der Waals surface area contributed by atoms with E-state index in [0.29, 0.717) is 11.6 Å². The molecule has 2 aliphatic heterocycles. The lowest BCUT2D eigenvalue weighted by atomic mass is 9.97. The summed E-state index contributed by atoms with van der Waals surface area (Å²) in [7, 11) is 0. The minimum atomic E-state index is -0.458. The number of thiocarbonyl (C=S) groups is 1. The van der Waals surface area contributed by atoms with E-state index < -0.39 is 11.8 Å². The zero-order valence-electron chi connectivity index (χ0n) is 18.9. The first-order chi connectivity index (χ1) is 15.4. The van der Waals surface area contributed by atoms with Crippen LogP contribution >= 0.6 is 12.2 Å². The minimum Gasteiger partial charge on any atom is -0.371 e. The summed E-state index contributed by atoms with van der Waals surface area (Å²) in [4.78, 5) is 29.7. The topological polar surface area (TPSA) is 52.7 Å². The molecule has 1 N–H and O–H groups in total. The number of nitrogens with one attached hydrogen (secondary N) is 1. The molecular formula is C26H29N3O2S. The highest BCUT2D eigenvalue weighted by molar-refractivity contribution is 7.80. The molecule has 0 spiro atoms. The van der Waals surface area contributed by atoms with Gasteiger partial charge in [0.05, 0.1) is 5.69 Å². The highest BCUT2D eigenvalue weighted by Crippen LogP contribution is 2.30. The lowest BCUT2D eigenvalue weighted by Gasteiger charge is -2.31. The summed E-state index contributed by atoms with van der Waals surface area (Å²) >= 11 is 5.32. The third-order valence-corrected chi connectivity index (χ3v) is 6.33. The number of nitrogens with zero attached hydrogens (tertiary/aromatic N) is 2. The fourth-order valence-corrected chi connectivity index (χ4v) is 4.63. The van der Waals surface area contributed by atoms with Crippen LogP contribution in [-0.2, 0) is 16.0 Å². The smallest absolute Gasteiger partial charge is 0.270 e. The van der Waals surface area contributed by atoms with Crippen LogP contribution in [0, 0.1) is 0 Å². The first kappa shape index (κ1) is 22.2. The maximum absolute atomic E-state index is 13.3. The van der Waals surface area contributed by atoms with Crippen LogP contribution in [-0.4, -0.2) is 30.0 Å². The summed E-state index contributed by atoms with van der Waals surface area (Å²) in [6.07, 6.45) is 4.90. The highest BCUT2D eigenvalue weighted by Gasteiger charge is 2.34. The quantitative estimate of drug-likeness (QED) is 0.406. The molecule has 2 aromatic carbocycles. The van der Waals surface area contributed by atoms with Gasteiger partial charge in [-0.25, -0.2) is 0 Å². The van der Waals surface area contributed by atoms with Crippen molar-refractivity contribution in [3.8, 4) is 0 Å². The molecule has 0 atom stereocenters. The molecule has 5 nitrogen and oxygen atoms in total.